The summed E-state index contributed by atoms with van der Waals surface area (Å²) in [7, 11) is 0.269. The minimum absolute atomic E-state index is 0.292. The fourth-order valence-electron chi connectivity index (χ4n) is 1.53. The topological polar surface area (TPSA) is 43.4 Å². The van der Waals surface area contributed by atoms with Crippen molar-refractivity contribution in [1.82, 2.24) is 0 Å². The quantitative estimate of drug-likeness (QED) is 0.788. The van der Waals surface area contributed by atoms with E-state index in [1.807, 2.05) is 51.1 Å². The summed E-state index contributed by atoms with van der Waals surface area (Å²) < 4.78 is 16.6. The first-order chi connectivity index (χ1) is 8.36. The van der Waals surface area contributed by atoms with Crippen molar-refractivity contribution in [1.29, 1.82) is 0 Å². The lowest BCUT2D eigenvalue weighted by atomic mass is 10.0. The monoisotopic (exact) mass is 268 g/mol. The van der Waals surface area contributed by atoms with Crippen LogP contribution in [0.1, 0.15) is 32.3 Å². The number of methoxy groups -OCH3 is 1. The number of carbonyl (C=O) groups excluding carboxylic acids is 1. The number of ether oxygens (including phenoxy) is 1. The summed E-state index contributed by atoms with van der Waals surface area (Å²) in [5.74, 6) is -0.504. The van der Waals surface area contributed by atoms with Gasteiger partial charge in [0.05, 0.1) is 13.0 Å². The fourth-order valence-corrected chi connectivity index (χ4v) is 2.66. The first kappa shape index (κ1) is 14.9. The van der Waals surface area contributed by atoms with E-state index in [2.05, 4.69) is 0 Å². The molecule has 2 unspecified atom stereocenters. The Hall–Kier alpha value is -1.16. The molecule has 1 aromatic carbocycles. The van der Waals surface area contributed by atoms with Crippen molar-refractivity contribution in [2.75, 3.05) is 12.9 Å². The van der Waals surface area contributed by atoms with E-state index in [4.69, 9.17) is 4.74 Å². The van der Waals surface area contributed by atoms with E-state index < -0.39 is 16.7 Å². The van der Waals surface area contributed by atoms with E-state index >= 15 is 0 Å². The van der Waals surface area contributed by atoms with Crippen LogP contribution in [0.15, 0.2) is 30.3 Å². The smallest absolute Gasteiger partial charge is 0.314 e. The van der Waals surface area contributed by atoms with Gasteiger partial charge in [-0.1, -0.05) is 30.3 Å². The van der Waals surface area contributed by atoms with Gasteiger partial charge in [0.25, 0.3) is 0 Å². The summed E-state index contributed by atoms with van der Waals surface area (Å²) in [4.78, 5) is 11.8. The number of benzene rings is 1. The Labute approximate surface area is 111 Å². The van der Waals surface area contributed by atoms with Gasteiger partial charge in [-0.15, -0.1) is 0 Å². The molecule has 1 aromatic rings. The van der Waals surface area contributed by atoms with Gasteiger partial charge in [0.2, 0.25) is 0 Å². The highest BCUT2D eigenvalue weighted by atomic mass is 32.2. The maximum Gasteiger partial charge on any atom is 0.314 e. The van der Waals surface area contributed by atoms with Crippen LogP contribution in [0.2, 0.25) is 0 Å². The van der Waals surface area contributed by atoms with Crippen LogP contribution in [0, 0.1) is 0 Å². The highest BCUT2D eigenvalue weighted by Gasteiger charge is 2.28. The first-order valence-corrected chi connectivity index (χ1v) is 7.19. The molecule has 3 nitrogen and oxygen atoms in total. The summed E-state index contributed by atoms with van der Waals surface area (Å²) in [6.07, 6.45) is 0. The van der Waals surface area contributed by atoms with Gasteiger partial charge in [-0.2, -0.15) is 0 Å². The molecule has 0 amide bonds. The predicted molar refractivity (Wildman–Crippen MR) is 74.0 cm³/mol. The van der Waals surface area contributed by atoms with Gasteiger partial charge in [-0.05, 0) is 26.3 Å². The Morgan fingerprint density at radius 2 is 1.83 bits per heavy atom. The zero-order valence-corrected chi connectivity index (χ0v) is 12.1. The molecule has 0 saturated carbocycles. The third-order valence-electron chi connectivity index (χ3n) is 2.69. The van der Waals surface area contributed by atoms with Gasteiger partial charge in [0, 0.05) is 21.3 Å². The predicted octanol–water partition coefficient (Wildman–Crippen LogP) is 2.49. The van der Waals surface area contributed by atoms with Gasteiger partial charge in [0.1, 0.15) is 0 Å². The van der Waals surface area contributed by atoms with E-state index in [0.29, 0.717) is 5.75 Å². The molecular weight excluding hydrogens is 248 g/mol. The number of rotatable bonds is 4. The molecule has 0 radical (unpaired) electrons. The Morgan fingerprint density at radius 3 is 2.28 bits per heavy atom. The largest absolute Gasteiger partial charge is 0.469 e. The Bertz CT molecular complexity index is 420. The number of carbonyl (C=O) groups is 1. The lowest BCUT2D eigenvalue weighted by Gasteiger charge is -2.21. The number of esters is 1. The van der Waals surface area contributed by atoms with E-state index in [0.717, 1.165) is 5.56 Å². The summed E-state index contributed by atoms with van der Waals surface area (Å²) >= 11 is 0. The summed E-state index contributed by atoms with van der Waals surface area (Å²) in [6, 6.07) is 9.35. The van der Waals surface area contributed by atoms with Crippen LogP contribution in [0.4, 0.5) is 0 Å². The first-order valence-electron chi connectivity index (χ1n) is 5.87. The van der Waals surface area contributed by atoms with E-state index in [1.54, 1.807) is 0 Å². The van der Waals surface area contributed by atoms with Gasteiger partial charge < -0.3 is 4.74 Å². The van der Waals surface area contributed by atoms with Gasteiger partial charge in [0.15, 0.2) is 0 Å². The molecule has 0 saturated heterocycles. The van der Waals surface area contributed by atoms with Crippen LogP contribution in [-0.2, 0) is 20.3 Å². The normalized spacial score (nSPS) is 14.9. The molecular formula is C14H20O3S. The molecule has 0 aliphatic carbocycles. The lowest BCUT2D eigenvalue weighted by molar-refractivity contribution is -0.141. The van der Waals surface area contributed by atoms with Gasteiger partial charge >= 0.3 is 5.97 Å². The second-order valence-electron chi connectivity index (χ2n) is 5.11. The van der Waals surface area contributed by atoms with Gasteiger partial charge in [-0.3, -0.25) is 9.00 Å². The summed E-state index contributed by atoms with van der Waals surface area (Å²) in [6.45, 7) is 5.72. The highest BCUT2D eigenvalue weighted by molar-refractivity contribution is 7.86. The van der Waals surface area contributed by atoms with Crippen molar-refractivity contribution in [3.63, 3.8) is 0 Å². The lowest BCUT2D eigenvalue weighted by Crippen LogP contribution is -2.30. The standard InChI is InChI=1S/C14H20O3S/c1-14(2,3)18(16)10-12(13(15)17-4)11-8-6-5-7-9-11/h5-9,12H,10H2,1-4H3. The van der Waals surface area contributed by atoms with Crippen LogP contribution in [0.5, 0.6) is 0 Å². The molecule has 0 bridgehead atoms. The molecule has 0 aliphatic heterocycles. The molecule has 0 spiro atoms. The summed E-state index contributed by atoms with van der Waals surface area (Å²) in [5, 5.41) is 0. The molecule has 0 heterocycles. The molecule has 1 rings (SSSR count). The van der Waals surface area contributed by atoms with Crippen molar-refractivity contribution in [2.45, 2.75) is 31.4 Å². The van der Waals surface area contributed by atoms with Crippen molar-refractivity contribution in [3.8, 4) is 0 Å². The molecule has 100 valence electrons. The third kappa shape index (κ3) is 3.95. The average molecular weight is 268 g/mol. The number of hydrogen-bond donors (Lipinski definition) is 0. The average Bonchev–Trinajstić information content (AvgIpc) is 2.34. The maximum absolute atomic E-state index is 12.2. The minimum Gasteiger partial charge on any atom is -0.469 e. The number of hydrogen-bond acceptors (Lipinski definition) is 3. The molecule has 18 heavy (non-hydrogen) atoms. The van der Waals surface area contributed by atoms with E-state index in [9.17, 15) is 9.00 Å². The molecule has 4 heteroatoms. The maximum atomic E-state index is 12.2. The van der Waals surface area contributed by atoms with Gasteiger partial charge in [-0.25, -0.2) is 0 Å². The molecule has 0 aromatic heterocycles. The minimum atomic E-state index is -1.09. The zero-order chi connectivity index (χ0) is 13.8. The third-order valence-corrected chi connectivity index (χ3v) is 4.69. The second-order valence-corrected chi connectivity index (χ2v) is 7.36. The van der Waals surface area contributed by atoms with Crippen LogP contribution in [0.25, 0.3) is 0 Å². The molecule has 2 atom stereocenters. The van der Waals surface area contributed by atoms with E-state index in [-0.39, 0.29) is 10.7 Å². The Kier molecular flexibility index (Phi) is 5.08. The van der Waals surface area contributed by atoms with Crippen molar-refractivity contribution in [2.24, 2.45) is 0 Å². The second kappa shape index (κ2) is 6.14. The van der Waals surface area contributed by atoms with E-state index in [1.165, 1.54) is 7.11 Å². The highest BCUT2D eigenvalue weighted by Crippen LogP contribution is 2.22. The fraction of sp³-hybridized carbons (Fsp3) is 0.500. The zero-order valence-electron chi connectivity index (χ0n) is 11.3. The van der Waals surface area contributed by atoms with Crippen LogP contribution in [0.3, 0.4) is 0 Å². The molecule has 0 N–H and O–H groups in total. The van der Waals surface area contributed by atoms with Crippen LogP contribution < -0.4 is 0 Å². The molecule has 0 fully saturated rings. The SMILES string of the molecule is COC(=O)C(CS(=O)C(C)(C)C)c1ccccc1. The Balaban J connectivity index is 2.95. The van der Waals surface area contributed by atoms with Crippen molar-refractivity contribution in [3.05, 3.63) is 35.9 Å². The van der Waals surface area contributed by atoms with Crippen LogP contribution >= 0.6 is 0 Å². The van der Waals surface area contributed by atoms with Crippen LogP contribution in [-0.4, -0.2) is 27.8 Å². The summed E-state index contributed by atoms with van der Waals surface area (Å²) in [5.41, 5.74) is 0.849. The molecule has 0 aliphatic rings. The van der Waals surface area contributed by atoms with Crippen molar-refractivity contribution >= 4 is 16.8 Å². The Morgan fingerprint density at radius 1 is 1.28 bits per heavy atom. The van der Waals surface area contributed by atoms with Crippen molar-refractivity contribution < 1.29 is 13.7 Å².